The van der Waals surface area contributed by atoms with Crippen LogP contribution >= 0.6 is 0 Å². The Morgan fingerprint density at radius 2 is 2.14 bits per heavy atom. The van der Waals surface area contributed by atoms with E-state index in [0.29, 0.717) is 19.0 Å². The molecule has 22 heavy (non-hydrogen) atoms. The van der Waals surface area contributed by atoms with Gasteiger partial charge in [-0.15, -0.1) is 5.10 Å². The van der Waals surface area contributed by atoms with E-state index < -0.39 is 0 Å². The minimum Gasteiger partial charge on any atom is -0.367 e. The molecule has 8 heteroatoms. The lowest BCUT2D eigenvalue weighted by Gasteiger charge is -2.35. The second-order valence-electron chi connectivity index (χ2n) is 5.04. The number of amides is 2. The Hall–Kier alpha value is -2.64. The Morgan fingerprint density at radius 1 is 1.32 bits per heavy atom. The van der Waals surface area contributed by atoms with E-state index >= 15 is 0 Å². The summed E-state index contributed by atoms with van der Waals surface area (Å²) >= 11 is 0. The number of nitrogens with one attached hydrogen (secondary N) is 1. The Morgan fingerprint density at radius 3 is 2.77 bits per heavy atom. The summed E-state index contributed by atoms with van der Waals surface area (Å²) in [5.74, 6) is 0.349. The Labute approximate surface area is 128 Å². The fourth-order valence-corrected chi connectivity index (χ4v) is 2.39. The van der Waals surface area contributed by atoms with Crippen molar-refractivity contribution in [3.63, 3.8) is 0 Å². The van der Waals surface area contributed by atoms with Crippen molar-refractivity contribution < 1.29 is 4.79 Å². The third kappa shape index (κ3) is 3.16. The van der Waals surface area contributed by atoms with Gasteiger partial charge in [0.2, 0.25) is 5.95 Å². The van der Waals surface area contributed by atoms with Crippen molar-refractivity contribution in [3.8, 4) is 0 Å². The molecule has 0 aliphatic carbocycles. The van der Waals surface area contributed by atoms with Gasteiger partial charge in [-0.2, -0.15) is 0 Å². The summed E-state index contributed by atoms with van der Waals surface area (Å²) in [6.07, 6.45) is 5.21. The van der Waals surface area contributed by atoms with Crippen LogP contribution in [-0.2, 0) is 6.54 Å². The molecule has 3 heterocycles. The quantitative estimate of drug-likeness (QED) is 0.916. The van der Waals surface area contributed by atoms with E-state index in [1.54, 1.807) is 22.1 Å². The highest BCUT2D eigenvalue weighted by Gasteiger charge is 2.22. The molecular formula is C14H19N7O. The Bertz CT molecular complexity index is 619. The molecule has 2 aromatic heterocycles. The second-order valence-corrected chi connectivity index (χ2v) is 5.04. The number of anilines is 2. The van der Waals surface area contributed by atoms with Gasteiger partial charge in [-0.1, -0.05) is 0 Å². The van der Waals surface area contributed by atoms with Gasteiger partial charge in [0.15, 0.2) is 0 Å². The molecule has 1 aliphatic heterocycles. The topological polar surface area (TPSA) is 79.2 Å². The first-order valence-corrected chi connectivity index (χ1v) is 7.36. The summed E-state index contributed by atoms with van der Waals surface area (Å²) < 4.78 is 1.68. The predicted octanol–water partition coefficient (Wildman–Crippen LogP) is 1.05. The lowest BCUT2D eigenvalue weighted by atomic mass is 10.3. The van der Waals surface area contributed by atoms with Gasteiger partial charge in [-0.25, -0.2) is 9.78 Å². The van der Waals surface area contributed by atoms with Gasteiger partial charge in [-0.05, 0) is 19.1 Å². The number of nitrogens with zero attached hydrogens (tertiary/aromatic N) is 6. The zero-order valence-corrected chi connectivity index (χ0v) is 12.5. The SMILES string of the molecule is CCn1cnc(NC(=O)N2CCN(c3cccnc3)CC2)n1. The summed E-state index contributed by atoms with van der Waals surface area (Å²) in [7, 11) is 0. The van der Waals surface area contributed by atoms with Crippen LogP contribution in [0.15, 0.2) is 30.9 Å². The number of aryl methyl sites for hydroxylation is 1. The molecule has 0 unspecified atom stereocenters. The Kier molecular flexibility index (Phi) is 4.17. The van der Waals surface area contributed by atoms with Crippen molar-refractivity contribution in [3.05, 3.63) is 30.9 Å². The monoisotopic (exact) mass is 301 g/mol. The maximum atomic E-state index is 12.2. The van der Waals surface area contributed by atoms with Crippen molar-refractivity contribution in [1.29, 1.82) is 0 Å². The second kappa shape index (κ2) is 6.42. The number of pyridine rings is 1. The lowest BCUT2D eigenvalue weighted by Crippen LogP contribution is -2.50. The number of hydrogen-bond donors (Lipinski definition) is 1. The number of urea groups is 1. The summed E-state index contributed by atoms with van der Waals surface area (Å²) in [6, 6.07) is 3.80. The zero-order valence-electron chi connectivity index (χ0n) is 12.5. The molecule has 0 spiro atoms. The van der Waals surface area contributed by atoms with Crippen molar-refractivity contribution in [2.45, 2.75) is 13.5 Å². The third-order valence-electron chi connectivity index (χ3n) is 3.66. The molecule has 116 valence electrons. The zero-order chi connectivity index (χ0) is 15.4. The first kappa shape index (κ1) is 14.3. The van der Waals surface area contributed by atoms with Crippen molar-refractivity contribution in [2.75, 3.05) is 36.4 Å². The van der Waals surface area contributed by atoms with Gasteiger partial charge in [0.25, 0.3) is 0 Å². The van der Waals surface area contributed by atoms with Gasteiger partial charge < -0.3 is 9.80 Å². The number of carbonyl (C=O) groups is 1. The average molecular weight is 301 g/mol. The molecule has 2 amide bonds. The highest BCUT2D eigenvalue weighted by atomic mass is 16.2. The van der Waals surface area contributed by atoms with Gasteiger partial charge >= 0.3 is 6.03 Å². The van der Waals surface area contributed by atoms with Crippen molar-refractivity contribution in [1.82, 2.24) is 24.6 Å². The first-order chi connectivity index (χ1) is 10.8. The van der Waals surface area contributed by atoms with E-state index in [0.717, 1.165) is 25.3 Å². The third-order valence-corrected chi connectivity index (χ3v) is 3.66. The standard InChI is InChI=1S/C14H19N7O/c1-2-21-11-16-13(18-21)17-14(22)20-8-6-19(7-9-20)12-4-3-5-15-10-12/h3-5,10-11H,2,6-9H2,1H3,(H,17,18,22). The largest absolute Gasteiger partial charge is 0.367 e. The first-order valence-electron chi connectivity index (χ1n) is 7.36. The molecule has 1 saturated heterocycles. The van der Waals surface area contributed by atoms with Gasteiger partial charge in [0.1, 0.15) is 6.33 Å². The van der Waals surface area contributed by atoms with E-state index in [2.05, 4.69) is 25.3 Å². The maximum absolute atomic E-state index is 12.2. The molecular weight excluding hydrogens is 282 g/mol. The summed E-state index contributed by atoms with van der Waals surface area (Å²) in [4.78, 5) is 24.4. The number of carbonyl (C=O) groups excluding carboxylic acids is 1. The minimum atomic E-state index is -0.153. The van der Waals surface area contributed by atoms with Crippen LogP contribution in [0.4, 0.5) is 16.4 Å². The van der Waals surface area contributed by atoms with E-state index in [9.17, 15) is 4.79 Å². The van der Waals surface area contributed by atoms with E-state index in [4.69, 9.17) is 0 Å². The highest BCUT2D eigenvalue weighted by Crippen LogP contribution is 2.14. The molecule has 8 nitrogen and oxygen atoms in total. The maximum Gasteiger partial charge on any atom is 0.324 e. The lowest BCUT2D eigenvalue weighted by molar-refractivity contribution is 0.208. The molecule has 1 fully saturated rings. The minimum absolute atomic E-state index is 0.153. The highest BCUT2D eigenvalue weighted by molar-refractivity contribution is 5.87. The molecule has 2 aromatic rings. The van der Waals surface area contributed by atoms with E-state index in [1.165, 1.54) is 0 Å². The van der Waals surface area contributed by atoms with E-state index in [-0.39, 0.29) is 6.03 Å². The van der Waals surface area contributed by atoms with Crippen LogP contribution in [0.5, 0.6) is 0 Å². The van der Waals surface area contributed by atoms with Crippen molar-refractivity contribution >= 4 is 17.7 Å². The summed E-state index contributed by atoms with van der Waals surface area (Å²) in [5, 5.41) is 6.89. The fraction of sp³-hybridized carbons (Fsp3) is 0.429. The summed E-state index contributed by atoms with van der Waals surface area (Å²) in [5.41, 5.74) is 1.09. The molecule has 0 radical (unpaired) electrons. The van der Waals surface area contributed by atoms with Crippen LogP contribution in [0.25, 0.3) is 0 Å². The molecule has 0 atom stereocenters. The average Bonchev–Trinajstić information content (AvgIpc) is 3.03. The van der Waals surface area contributed by atoms with Crippen molar-refractivity contribution in [2.24, 2.45) is 0 Å². The van der Waals surface area contributed by atoms with Crippen LogP contribution < -0.4 is 10.2 Å². The predicted molar refractivity (Wildman–Crippen MR) is 82.7 cm³/mol. The van der Waals surface area contributed by atoms with Crippen LogP contribution in [-0.4, -0.2) is 56.9 Å². The number of piperazine rings is 1. The van der Waals surface area contributed by atoms with Crippen LogP contribution in [0.3, 0.4) is 0 Å². The molecule has 1 N–H and O–H groups in total. The molecule has 0 bridgehead atoms. The fourth-order valence-electron chi connectivity index (χ4n) is 2.39. The summed E-state index contributed by atoms with van der Waals surface area (Å²) in [6.45, 7) is 5.60. The van der Waals surface area contributed by atoms with Gasteiger partial charge in [0, 0.05) is 38.9 Å². The van der Waals surface area contributed by atoms with Gasteiger partial charge in [0.05, 0.1) is 11.9 Å². The number of rotatable bonds is 3. The van der Waals surface area contributed by atoms with Gasteiger partial charge in [-0.3, -0.25) is 15.0 Å². The van der Waals surface area contributed by atoms with Crippen LogP contribution in [0.1, 0.15) is 6.92 Å². The number of aromatic nitrogens is 4. The Balaban J connectivity index is 1.53. The normalized spacial score (nSPS) is 15.0. The molecule has 0 aromatic carbocycles. The molecule has 3 rings (SSSR count). The smallest absolute Gasteiger partial charge is 0.324 e. The molecule has 1 aliphatic rings. The van der Waals surface area contributed by atoms with Crippen LogP contribution in [0.2, 0.25) is 0 Å². The number of hydrogen-bond acceptors (Lipinski definition) is 5. The molecule has 0 saturated carbocycles. The van der Waals surface area contributed by atoms with Crippen LogP contribution in [0, 0.1) is 0 Å². The van der Waals surface area contributed by atoms with E-state index in [1.807, 2.05) is 25.3 Å².